The van der Waals surface area contributed by atoms with E-state index in [1.54, 1.807) is 22.3 Å². The molecule has 2 atom stereocenters. The van der Waals surface area contributed by atoms with E-state index in [2.05, 4.69) is 4.98 Å². The second-order valence-electron chi connectivity index (χ2n) is 6.34. The Kier molecular flexibility index (Phi) is 4.66. The van der Waals surface area contributed by atoms with Crippen LogP contribution in [-0.2, 0) is 4.79 Å². The van der Waals surface area contributed by atoms with E-state index in [4.69, 9.17) is 0 Å². The fourth-order valence-corrected chi connectivity index (χ4v) is 3.95. The van der Waals surface area contributed by atoms with E-state index in [0.717, 1.165) is 16.3 Å². The molecule has 1 fully saturated rings. The number of carboxylic acid groups (broad SMARTS) is 1. The minimum Gasteiger partial charge on any atom is -0.481 e. The average Bonchev–Trinajstić information content (AvgIpc) is 3.00. The summed E-state index contributed by atoms with van der Waals surface area (Å²) < 4.78 is 0. The molecule has 1 amide bonds. The highest BCUT2D eigenvalue weighted by atomic mass is 32.1. The van der Waals surface area contributed by atoms with Gasteiger partial charge < -0.3 is 10.0 Å². The molecule has 24 heavy (non-hydrogen) atoms. The van der Waals surface area contributed by atoms with Crippen LogP contribution in [0.1, 0.15) is 29.4 Å². The summed E-state index contributed by atoms with van der Waals surface area (Å²) in [6.45, 7) is 4.81. The standard InChI is InChI=1S/C18H20N2O3S/c1-11-9-20(7-6-15(11)18(22)23)17(21)14-5-3-4-13(8-14)16-19-12(2)10-24-16/h3-5,8,10-11,15H,6-7,9H2,1-2H3,(H,22,23). The highest BCUT2D eigenvalue weighted by molar-refractivity contribution is 7.13. The van der Waals surface area contributed by atoms with Crippen molar-refractivity contribution in [1.82, 2.24) is 9.88 Å². The highest BCUT2D eigenvalue weighted by Crippen LogP contribution is 2.27. The Bertz CT molecular complexity index is 771. The molecule has 2 unspecified atom stereocenters. The summed E-state index contributed by atoms with van der Waals surface area (Å²) in [5.41, 5.74) is 2.53. The summed E-state index contributed by atoms with van der Waals surface area (Å²) in [5, 5.41) is 12.1. The average molecular weight is 344 g/mol. The fraction of sp³-hybridized carbons (Fsp3) is 0.389. The Morgan fingerprint density at radius 1 is 1.38 bits per heavy atom. The quantitative estimate of drug-likeness (QED) is 0.927. The Morgan fingerprint density at radius 2 is 2.17 bits per heavy atom. The van der Waals surface area contributed by atoms with Crippen molar-refractivity contribution >= 4 is 23.2 Å². The number of thiazole rings is 1. The second-order valence-corrected chi connectivity index (χ2v) is 7.19. The normalized spacial score (nSPS) is 20.8. The number of carboxylic acids is 1. The van der Waals surface area contributed by atoms with Crippen LogP contribution in [0.25, 0.3) is 10.6 Å². The second kappa shape index (κ2) is 6.73. The highest BCUT2D eigenvalue weighted by Gasteiger charge is 2.33. The third-order valence-electron chi connectivity index (χ3n) is 4.49. The molecular formula is C18H20N2O3S. The third-order valence-corrected chi connectivity index (χ3v) is 5.49. The summed E-state index contributed by atoms with van der Waals surface area (Å²) in [6, 6.07) is 7.50. The smallest absolute Gasteiger partial charge is 0.306 e. The first kappa shape index (κ1) is 16.6. The van der Waals surface area contributed by atoms with Gasteiger partial charge in [0.15, 0.2) is 0 Å². The first-order valence-corrected chi connectivity index (χ1v) is 8.88. The molecule has 5 nitrogen and oxygen atoms in total. The van der Waals surface area contributed by atoms with Crippen molar-refractivity contribution in [2.75, 3.05) is 13.1 Å². The van der Waals surface area contributed by atoms with Crippen molar-refractivity contribution in [1.29, 1.82) is 0 Å². The first-order chi connectivity index (χ1) is 11.5. The molecule has 3 rings (SSSR count). The zero-order valence-electron chi connectivity index (χ0n) is 13.7. The molecular weight excluding hydrogens is 324 g/mol. The van der Waals surface area contributed by atoms with Crippen molar-refractivity contribution in [3.63, 3.8) is 0 Å². The maximum absolute atomic E-state index is 12.8. The van der Waals surface area contributed by atoms with Gasteiger partial charge in [-0.1, -0.05) is 19.1 Å². The van der Waals surface area contributed by atoms with Gasteiger partial charge >= 0.3 is 5.97 Å². The lowest BCUT2D eigenvalue weighted by Crippen LogP contribution is -2.45. The van der Waals surface area contributed by atoms with Crippen LogP contribution in [-0.4, -0.2) is 40.0 Å². The van der Waals surface area contributed by atoms with Gasteiger partial charge in [0.1, 0.15) is 5.01 Å². The molecule has 6 heteroatoms. The van der Waals surface area contributed by atoms with Crippen LogP contribution in [0.5, 0.6) is 0 Å². The van der Waals surface area contributed by atoms with Gasteiger partial charge in [-0.05, 0) is 31.4 Å². The van der Waals surface area contributed by atoms with Crippen molar-refractivity contribution in [3.05, 3.63) is 40.9 Å². The first-order valence-electron chi connectivity index (χ1n) is 8.00. The number of carbonyl (C=O) groups is 2. The number of carbonyl (C=O) groups excluding carboxylic acids is 1. The van der Waals surface area contributed by atoms with E-state index in [1.165, 1.54) is 0 Å². The molecule has 0 spiro atoms. The predicted octanol–water partition coefficient (Wildman–Crippen LogP) is 3.30. The van der Waals surface area contributed by atoms with Crippen molar-refractivity contribution in [2.24, 2.45) is 11.8 Å². The third kappa shape index (κ3) is 3.33. The van der Waals surface area contributed by atoms with Crippen molar-refractivity contribution in [3.8, 4) is 10.6 Å². The zero-order chi connectivity index (χ0) is 17.3. The molecule has 126 valence electrons. The number of amides is 1. The van der Waals surface area contributed by atoms with Gasteiger partial charge in [-0.3, -0.25) is 9.59 Å². The van der Waals surface area contributed by atoms with Crippen molar-refractivity contribution < 1.29 is 14.7 Å². The van der Waals surface area contributed by atoms with E-state index in [-0.39, 0.29) is 17.7 Å². The number of nitrogens with zero attached hydrogens (tertiary/aromatic N) is 2. The summed E-state index contributed by atoms with van der Waals surface area (Å²) in [4.78, 5) is 30.2. The van der Waals surface area contributed by atoms with Gasteiger partial charge in [0.05, 0.1) is 5.92 Å². The summed E-state index contributed by atoms with van der Waals surface area (Å²) in [7, 11) is 0. The van der Waals surface area contributed by atoms with Gasteiger partial charge in [-0.25, -0.2) is 4.98 Å². The largest absolute Gasteiger partial charge is 0.481 e. The number of benzene rings is 1. The summed E-state index contributed by atoms with van der Waals surface area (Å²) >= 11 is 1.56. The summed E-state index contributed by atoms with van der Waals surface area (Å²) in [5.74, 6) is -1.21. The molecule has 0 radical (unpaired) electrons. The molecule has 1 saturated heterocycles. The van der Waals surface area contributed by atoms with Gasteiger partial charge in [-0.15, -0.1) is 11.3 Å². The van der Waals surface area contributed by atoms with Crippen LogP contribution in [0.2, 0.25) is 0 Å². The SMILES string of the molecule is Cc1csc(-c2cccc(C(=O)N3CCC(C(=O)O)C(C)C3)c2)n1. The fourth-order valence-electron chi connectivity index (χ4n) is 3.15. The topological polar surface area (TPSA) is 70.5 Å². The van der Waals surface area contributed by atoms with E-state index >= 15 is 0 Å². The Hall–Kier alpha value is -2.21. The van der Waals surface area contributed by atoms with Crippen LogP contribution in [0.15, 0.2) is 29.6 Å². The van der Waals surface area contributed by atoms with Crippen LogP contribution >= 0.6 is 11.3 Å². The summed E-state index contributed by atoms with van der Waals surface area (Å²) in [6.07, 6.45) is 0.508. The molecule has 1 N–H and O–H groups in total. The minimum atomic E-state index is -0.768. The number of aromatic nitrogens is 1. The molecule has 2 heterocycles. The lowest BCUT2D eigenvalue weighted by molar-refractivity contribution is -0.145. The molecule has 1 aromatic carbocycles. The molecule has 0 aliphatic carbocycles. The number of aliphatic carboxylic acids is 1. The van der Waals surface area contributed by atoms with E-state index in [9.17, 15) is 14.7 Å². The monoisotopic (exact) mass is 344 g/mol. The zero-order valence-corrected chi connectivity index (χ0v) is 14.5. The maximum atomic E-state index is 12.8. The number of likely N-dealkylation sites (tertiary alicyclic amines) is 1. The number of rotatable bonds is 3. The molecule has 1 aromatic heterocycles. The van der Waals surface area contributed by atoms with Gasteiger partial charge in [0.2, 0.25) is 0 Å². The molecule has 0 saturated carbocycles. The number of piperidine rings is 1. The Labute approximate surface area is 145 Å². The van der Waals surface area contributed by atoms with Crippen molar-refractivity contribution in [2.45, 2.75) is 20.3 Å². The minimum absolute atomic E-state index is 0.0370. The van der Waals surface area contributed by atoms with Crippen LogP contribution in [0, 0.1) is 18.8 Å². The molecule has 2 aromatic rings. The Balaban J connectivity index is 1.77. The van der Waals surface area contributed by atoms with E-state index in [1.807, 2.05) is 37.4 Å². The van der Waals surface area contributed by atoms with Crippen LogP contribution < -0.4 is 0 Å². The maximum Gasteiger partial charge on any atom is 0.306 e. The lowest BCUT2D eigenvalue weighted by Gasteiger charge is -2.35. The predicted molar refractivity (Wildman–Crippen MR) is 93.1 cm³/mol. The van der Waals surface area contributed by atoms with E-state index < -0.39 is 5.97 Å². The van der Waals surface area contributed by atoms with Crippen LogP contribution in [0.3, 0.4) is 0 Å². The number of aryl methyl sites for hydroxylation is 1. The Morgan fingerprint density at radius 3 is 2.79 bits per heavy atom. The van der Waals surface area contributed by atoms with Gasteiger partial charge in [0, 0.05) is 35.3 Å². The van der Waals surface area contributed by atoms with Crippen LogP contribution in [0.4, 0.5) is 0 Å². The van der Waals surface area contributed by atoms with E-state index in [0.29, 0.717) is 25.1 Å². The number of hydrogen-bond acceptors (Lipinski definition) is 4. The number of hydrogen-bond donors (Lipinski definition) is 1. The lowest BCUT2D eigenvalue weighted by atomic mass is 9.87. The molecule has 1 aliphatic heterocycles. The molecule has 0 bridgehead atoms. The molecule has 1 aliphatic rings. The van der Waals surface area contributed by atoms with Gasteiger partial charge in [0.25, 0.3) is 5.91 Å². The van der Waals surface area contributed by atoms with Gasteiger partial charge in [-0.2, -0.15) is 0 Å².